The minimum Gasteiger partial charge on any atom is -0.351 e. The van der Waals surface area contributed by atoms with Crippen LogP contribution in [0.3, 0.4) is 0 Å². The molecule has 18 heavy (non-hydrogen) atoms. The van der Waals surface area contributed by atoms with Crippen LogP contribution in [0.1, 0.15) is 0 Å². The number of imidazole rings is 1. The fraction of sp³-hybridized carbons (Fsp3) is 0. The first-order valence-electron chi connectivity index (χ1n) is 5.66. The van der Waals surface area contributed by atoms with Crippen LogP contribution in [0.15, 0.2) is 89.2 Å². The molecule has 0 radical (unpaired) electrons. The van der Waals surface area contributed by atoms with Gasteiger partial charge in [0.25, 0.3) is 0 Å². The van der Waals surface area contributed by atoms with E-state index in [1.54, 1.807) is 30.5 Å². The van der Waals surface area contributed by atoms with E-state index in [4.69, 9.17) is 0 Å². The predicted molar refractivity (Wildman–Crippen MR) is 75.6 cm³/mol. The molecule has 0 atom stereocenters. The standard InChI is InChI=1S/C12H10S.C3H4N2/c1-3-7-11(8-4-1)13-12-9-5-2-6-10-12;1-2-5-3-4-1/h1-10H;1-3H,(H,4,5). The van der Waals surface area contributed by atoms with Crippen LogP contribution < -0.4 is 0 Å². The number of benzene rings is 2. The van der Waals surface area contributed by atoms with E-state index in [1.807, 2.05) is 12.1 Å². The van der Waals surface area contributed by atoms with Gasteiger partial charge in [0.05, 0.1) is 6.33 Å². The van der Waals surface area contributed by atoms with Crippen LogP contribution in [0.2, 0.25) is 0 Å². The lowest BCUT2D eigenvalue weighted by Crippen LogP contribution is -1.70. The topological polar surface area (TPSA) is 28.7 Å². The van der Waals surface area contributed by atoms with Crippen molar-refractivity contribution in [2.75, 3.05) is 0 Å². The van der Waals surface area contributed by atoms with Crippen molar-refractivity contribution in [2.45, 2.75) is 9.79 Å². The summed E-state index contributed by atoms with van der Waals surface area (Å²) in [5.41, 5.74) is 0. The molecule has 0 spiro atoms. The van der Waals surface area contributed by atoms with Gasteiger partial charge in [0.2, 0.25) is 0 Å². The maximum absolute atomic E-state index is 3.67. The first-order valence-corrected chi connectivity index (χ1v) is 6.47. The predicted octanol–water partition coefficient (Wildman–Crippen LogP) is 4.25. The molecule has 1 aromatic heterocycles. The Hall–Kier alpha value is -2.00. The van der Waals surface area contributed by atoms with Crippen molar-refractivity contribution < 1.29 is 0 Å². The average molecular weight is 254 g/mol. The highest BCUT2D eigenvalue weighted by Crippen LogP contribution is 2.26. The molecule has 2 aromatic carbocycles. The molecule has 0 amide bonds. The lowest BCUT2D eigenvalue weighted by molar-refractivity contribution is 1.31. The Morgan fingerprint density at radius 2 is 1.33 bits per heavy atom. The lowest BCUT2D eigenvalue weighted by Gasteiger charge is -1.99. The number of nitrogens with one attached hydrogen (secondary N) is 1. The monoisotopic (exact) mass is 254 g/mol. The molecule has 0 aliphatic rings. The second kappa shape index (κ2) is 7.35. The minimum absolute atomic E-state index is 1.29. The zero-order valence-corrected chi connectivity index (χ0v) is 10.7. The van der Waals surface area contributed by atoms with E-state index in [1.165, 1.54) is 9.79 Å². The van der Waals surface area contributed by atoms with Crippen LogP contribution in [0.4, 0.5) is 0 Å². The summed E-state index contributed by atoms with van der Waals surface area (Å²) in [7, 11) is 0. The molecule has 0 saturated heterocycles. The highest BCUT2D eigenvalue weighted by Gasteiger charge is 1.93. The Labute approximate surface area is 111 Å². The van der Waals surface area contributed by atoms with Gasteiger partial charge in [-0.05, 0) is 24.3 Å². The molecular weight excluding hydrogens is 240 g/mol. The van der Waals surface area contributed by atoms with Gasteiger partial charge in [0.1, 0.15) is 0 Å². The number of rotatable bonds is 2. The quantitative estimate of drug-likeness (QED) is 0.740. The summed E-state index contributed by atoms with van der Waals surface area (Å²) in [5, 5.41) is 0. The molecule has 0 unspecified atom stereocenters. The molecule has 0 aliphatic heterocycles. The zero-order chi connectivity index (χ0) is 12.5. The third kappa shape index (κ3) is 4.47. The summed E-state index contributed by atoms with van der Waals surface area (Å²) < 4.78 is 0. The van der Waals surface area contributed by atoms with Gasteiger partial charge in [-0.2, -0.15) is 0 Å². The van der Waals surface area contributed by atoms with E-state index in [0.29, 0.717) is 0 Å². The molecule has 90 valence electrons. The van der Waals surface area contributed by atoms with Crippen molar-refractivity contribution in [1.82, 2.24) is 9.97 Å². The maximum Gasteiger partial charge on any atom is 0.0919 e. The Morgan fingerprint density at radius 3 is 1.67 bits per heavy atom. The van der Waals surface area contributed by atoms with Crippen molar-refractivity contribution in [3.63, 3.8) is 0 Å². The Balaban J connectivity index is 0.000000202. The summed E-state index contributed by atoms with van der Waals surface area (Å²) in [4.78, 5) is 8.99. The minimum atomic E-state index is 1.29. The average Bonchev–Trinajstić information content (AvgIpc) is 3.00. The second-order valence-electron chi connectivity index (χ2n) is 3.49. The van der Waals surface area contributed by atoms with Crippen LogP contribution >= 0.6 is 11.8 Å². The first-order chi connectivity index (χ1) is 8.95. The van der Waals surface area contributed by atoms with Gasteiger partial charge in [-0.15, -0.1) is 0 Å². The summed E-state index contributed by atoms with van der Waals surface area (Å²) in [6.45, 7) is 0. The van der Waals surface area contributed by atoms with Gasteiger partial charge in [-0.3, -0.25) is 0 Å². The summed E-state index contributed by atoms with van der Waals surface area (Å²) in [6.07, 6.45) is 5.08. The maximum atomic E-state index is 3.67. The van der Waals surface area contributed by atoms with Crippen LogP contribution in [0, 0.1) is 0 Å². The molecule has 0 aliphatic carbocycles. The van der Waals surface area contributed by atoms with Gasteiger partial charge < -0.3 is 4.98 Å². The number of hydrogen-bond donors (Lipinski definition) is 1. The largest absolute Gasteiger partial charge is 0.351 e. The fourth-order valence-electron chi connectivity index (χ4n) is 1.33. The molecule has 3 heteroatoms. The van der Waals surface area contributed by atoms with Gasteiger partial charge >= 0.3 is 0 Å². The molecule has 3 aromatic rings. The molecule has 0 saturated carbocycles. The summed E-state index contributed by atoms with van der Waals surface area (Å²) >= 11 is 1.79. The molecule has 3 rings (SSSR count). The van der Waals surface area contributed by atoms with Crippen molar-refractivity contribution in [2.24, 2.45) is 0 Å². The first kappa shape index (κ1) is 12.5. The van der Waals surface area contributed by atoms with Crippen molar-refractivity contribution in [3.05, 3.63) is 79.4 Å². The summed E-state index contributed by atoms with van der Waals surface area (Å²) in [6, 6.07) is 20.8. The molecule has 0 fully saturated rings. The second-order valence-corrected chi connectivity index (χ2v) is 4.64. The van der Waals surface area contributed by atoms with E-state index in [2.05, 4.69) is 58.5 Å². The van der Waals surface area contributed by atoms with Crippen LogP contribution in [0.5, 0.6) is 0 Å². The molecule has 0 bridgehead atoms. The normalized spacial score (nSPS) is 9.33. The lowest BCUT2D eigenvalue weighted by atomic mass is 10.4. The molecule has 1 heterocycles. The van der Waals surface area contributed by atoms with Gasteiger partial charge in [0, 0.05) is 22.2 Å². The number of aromatic nitrogens is 2. The fourth-order valence-corrected chi connectivity index (χ4v) is 2.19. The van der Waals surface area contributed by atoms with Gasteiger partial charge in [0.15, 0.2) is 0 Å². The van der Waals surface area contributed by atoms with E-state index in [-0.39, 0.29) is 0 Å². The van der Waals surface area contributed by atoms with Crippen LogP contribution in [-0.2, 0) is 0 Å². The van der Waals surface area contributed by atoms with Crippen LogP contribution in [0.25, 0.3) is 0 Å². The van der Waals surface area contributed by atoms with Gasteiger partial charge in [-0.25, -0.2) is 4.98 Å². The number of nitrogens with zero attached hydrogens (tertiary/aromatic N) is 1. The Kier molecular flexibility index (Phi) is 5.09. The van der Waals surface area contributed by atoms with E-state index < -0.39 is 0 Å². The number of H-pyrrole nitrogens is 1. The third-order valence-electron chi connectivity index (χ3n) is 2.13. The highest BCUT2D eigenvalue weighted by atomic mass is 32.2. The summed E-state index contributed by atoms with van der Waals surface area (Å²) in [5.74, 6) is 0. The van der Waals surface area contributed by atoms with Crippen LogP contribution in [-0.4, -0.2) is 9.97 Å². The SMILES string of the molecule is c1c[nH]cn1.c1ccc(Sc2ccccc2)cc1. The van der Waals surface area contributed by atoms with E-state index in [0.717, 1.165) is 0 Å². The van der Waals surface area contributed by atoms with Crippen molar-refractivity contribution in [1.29, 1.82) is 0 Å². The molecule has 2 nitrogen and oxygen atoms in total. The van der Waals surface area contributed by atoms with Gasteiger partial charge in [-0.1, -0.05) is 48.2 Å². The van der Waals surface area contributed by atoms with Crippen molar-refractivity contribution >= 4 is 11.8 Å². The smallest absolute Gasteiger partial charge is 0.0919 e. The number of aromatic amines is 1. The Bertz CT molecular complexity index is 466. The van der Waals surface area contributed by atoms with E-state index >= 15 is 0 Å². The van der Waals surface area contributed by atoms with E-state index in [9.17, 15) is 0 Å². The molecular formula is C15H14N2S. The van der Waals surface area contributed by atoms with Crippen molar-refractivity contribution in [3.8, 4) is 0 Å². The number of hydrogen-bond acceptors (Lipinski definition) is 2. The molecule has 1 N–H and O–H groups in total. The zero-order valence-electron chi connectivity index (χ0n) is 9.86. The highest BCUT2D eigenvalue weighted by molar-refractivity contribution is 7.99. The Morgan fingerprint density at radius 1 is 0.778 bits per heavy atom. The third-order valence-corrected chi connectivity index (χ3v) is 3.14.